The van der Waals surface area contributed by atoms with Crippen LogP contribution in [-0.2, 0) is 4.74 Å². The Hall–Kier alpha value is -2.59. The van der Waals surface area contributed by atoms with Crippen molar-refractivity contribution in [1.29, 1.82) is 0 Å². The summed E-state index contributed by atoms with van der Waals surface area (Å²) >= 11 is 0. The minimum absolute atomic E-state index is 0.0539. The van der Waals surface area contributed by atoms with E-state index in [1.165, 1.54) is 24.3 Å². The minimum atomic E-state index is -0.527. The molecule has 2 N–H and O–H groups in total. The smallest absolute Gasteiger partial charge is 0.370 e. The molecular formula is C12H16N5O5+. The van der Waals surface area contributed by atoms with Crippen molar-refractivity contribution in [1.82, 2.24) is 0 Å². The number of nitrogens with zero attached hydrogens (tertiary/aromatic N) is 3. The van der Waals surface area contributed by atoms with Crippen LogP contribution in [-0.4, -0.2) is 48.5 Å². The van der Waals surface area contributed by atoms with Crippen LogP contribution in [0.5, 0.6) is 0 Å². The number of hydrogen-bond donors (Lipinski definition) is 2. The van der Waals surface area contributed by atoms with E-state index in [4.69, 9.17) is 4.74 Å². The molecule has 0 atom stereocenters. The van der Waals surface area contributed by atoms with E-state index in [9.17, 15) is 20.2 Å². The SMILES string of the molecule is O=[N+]([O-])/C(C[NH+]1CCOCC1)=N/Nc1ccc([N+](=O)[O-])cc1. The van der Waals surface area contributed by atoms with Gasteiger partial charge in [-0.3, -0.25) is 10.1 Å². The maximum atomic E-state index is 11.0. The van der Waals surface area contributed by atoms with Crippen molar-refractivity contribution in [2.24, 2.45) is 5.10 Å². The van der Waals surface area contributed by atoms with Crippen LogP contribution in [0.4, 0.5) is 11.4 Å². The molecule has 118 valence electrons. The molecular weight excluding hydrogens is 294 g/mol. The van der Waals surface area contributed by atoms with Gasteiger partial charge in [0, 0.05) is 12.1 Å². The van der Waals surface area contributed by atoms with Gasteiger partial charge in [-0.25, -0.2) is 0 Å². The van der Waals surface area contributed by atoms with Crippen LogP contribution in [0.3, 0.4) is 0 Å². The molecule has 1 aromatic carbocycles. The number of nitro groups is 2. The van der Waals surface area contributed by atoms with Crippen molar-refractivity contribution >= 4 is 17.2 Å². The van der Waals surface area contributed by atoms with Crippen LogP contribution in [0.15, 0.2) is 29.4 Å². The molecule has 0 spiro atoms. The molecule has 10 nitrogen and oxygen atoms in total. The van der Waals surface area contributed by atoms with Crippen molar-refractivity contribution in [3.05, 3.63) is 44.5 Å². The summed E-state index contributed by atoms with van der Waals surface area (Å²) in [5.41, 5.74) is 2.95. The van der Waals surface area contributed by atoms with Crippen molar-refractivity contribution in [3.63, 3.8) is 0 Å². The molecule has 0 unspecified atom stereocenters. The topological polar surface area (TPSA) is 124 Å². The fourth-order valence-corrected chi connectivity index (χ4v) is 1.99. The van der Waals surface area contributed by atoms with E-state index in [1.54, 1.807) is 0 Å². The molecule has 22 heavy (non-hydrogen) atoms. The summed E-state index contributed by atoms with van der Waals surface area (Å²) in [6, 6.07) is 5.50. The molecule has 0 bridgehead atoms. The number of rotatable bonds is 5. The molecule has 2 rings (SSSR count). The van der Waals surface area contributed by atoms with Crippen LogP contribution in [0.1, 0.15) is 0 Å². The lowest BCUT2D eigenvalue weighted by molar-refractivity contribution is -0.901. The van der Waals surface area contributed by atoms with Gasteiger partial charge < -0.3 is 19.8 Å². The van der Waals surface area contributed by atoms with E-state index in [1.807, 2.05) is 0 Å². The molecule has 1 aliphatic rings. The summed E-state index contributed by atoms with van der Waals surface area (Å²) in [6.07, 6.45) is 0. The second kappa shape index (κ2) is 7.43. The molecule has 0 radical (unpaired) electrons. The van der Waals surface area contributed by atoms with Crippen molar-refractivity contribution in [3.8, 4) is 0 Å². The van der Waals surface area contributed by atoms with Crippen LogP contribution < -0.4 is 10.3 Å². The first kappa shape index (κ1) is 15.8. The number of nitro benzene ring substituents is 1. The van der Waals surface area contributed by atoms with Gasteiger partial charge in [-0.15, -0.1) is 0 Å². The second-order valence-electron chi connectivity index (χ2n) is 4.74. The van der Waals surface area contributed by atoms with E-state index < -0.39 is 9.85 Å². The Kier molecular flexibility index (Phi) is 5.33. The summed E-state index contributed by atoms with van der Waals surface area (Å²) < 4.78 is 5.20. The van der Waals surface area contributed by atoms with Gasteiger partial charge in [0.15, 0.2) is 6.54 Å². The standard InChI is InChI=1S/C12H15N5O5/c18-16(19)11-3-1-10(2-4-11)13-14-12(17(20)21)9-15-5-7-22-8-6-15/h1-4,13H,5-9H2/p+1/b14-12+. The lowest BCUT2D eigenvalue weighted by Gasteiger charge is -2.21. The largest absolute Gasteiger partial charge is 0.418 e. The number of benzene rings is 1. The van der Waals surface area contributed by atoms with Gasteiger partial charge in [-0.2, -0.15) is 5.43 Å². The molecule has 0 saturated carbocycles. The normalized spacial score (nSPS) is 16.3. The average Bonchev–Trinajstić information content (AvgIpc) is 2.52. The Balaban J connectivity index is 2.00. The lowest BCUT2D eigenvalue weighted by Crippen LogP contribution is -3.15. The molecule has 0 aromatic heterocycles. The Morgan fingerprint density at radius 3 is 2.41 bits per heavy atom. The predicted molar refractivity (Wildman–Crippen MR) is 77.5 cm³/mol. The van der Waals surface area contributed by atoms with Gasteiger partial charge in [0.1, 0.15) is 13.1 Å². The summed E-state index contributed by atoms with van der Waals surface area (Å²) in [5, 5.41) is 25.4. The highest BCUT2D eigenvalue weighted by Crippen LogP contribution is 2.15. The maximum absolute atomic E-state index is 11.0. The number of anilines is 1. The van der Waals surface area contributed by atoms with E-state index in [0.29, 0.717) is 32.0 Å². The lowest BCUT2D eigenvalue weighted by atomic mass is 10.3. The van der Waals surface area contributed by atoms with Gasteiger partial charge in [0.2, 0.25) is 0 Å². The van der Waals surface area contributed by atoms with Gasteiger partial charge in [0.25, 0.3) is 5.69 Å². The molecule has 0 aliphatic carbocycles. The van der Waals surface area contributed by atoms with E-state index in [0.717, 1.165) is 4.90 Å². The number of amidine groups is 1. The number of non-ortho nitro benzene ring substituents is 1. The molecule has 0 amide bonds. The Bertz CT molecular complexity index is 568. The fraction of sp³-hybridized carbons (Fsp3) is 0.417. The highest BCUT2D eigenvalue weighted by atomic mass is 16.6. The monoisotopic (exact) mass is 310 g/mol. The summed E-state index contributed by atoms with van der Waals surface area (Å²) in [7, 11) is 0. The summed E-state index contributed by atoms with van der Waals surface area (Å²) in [6.45, 7) is 2.75. The number of nitrogens with one attached hydrogen (secondary N) is 2. The summed E-state index contributed by atoms with van der Waals surface area (Å²) in [5.74, 6) is -0.185. The number of hydrazone groups is 1. The third-order valence-corrected chi connectivity index (χ3v) is 3.21. The first-order chi connectivity index (χ1) is 10.6. The molecule has 10 heteroatoms. The Morgan fingerprint density at radius 1 is 1.23 bits per heavy atom. The van der Waals surface area contributed by atoms with Gasteiger partial charge >= 0.3 is 5.84 Å². The number of hydrogen-bond acceptors (Lipinski definition) is 7. The second-order valence-corrected chi connectivity index (χ2v) is 4.74. The first-order valence-electron chi connectivity index (χ1n) is 6.69. The van der Waals surface area contributed by atoms with Crippen LogP contribution in [0.25, 0.3) is 0 Å². The van der Waals surface area contributed by atoms with Gasteiger partial charge in [-0.05, 0) is 17.1 Å². The minimum Gasteiger partial charge on any atom is -0.370 e. The average molecular weight is 310 g/mol. The molecule has 1 saturated heterocycles. The Labute approximate surface area is 125 Å². The van der Waals surface area contributed by atoms with E-state index >= 15 is 0 Å². The highest BCUT2D eigenvalue weighted by Gasteiger charge is 2.23. The third-order valence-electron chi connectivity index (χ3n) is 3.21. The predicted octanol–water partition coefficient (Wildman–Crippen LogP) is -0.488. The van der Waals surface area contributed by atoms with E-state index in [2.05, 4.69) is 10.5 Å². The number of morpholine rings is 1. The summed E-state index contributed by atoms with van der Waals surface area (Å²) in [4.78, 5) is 21.6. The zero-order valence-electron chi connectivity index (χ0n) is 11.7. The van der Waals surface area contributed by atoms with Crippen molar-refractivity contribution < 1.29 is 19.5 Å². The third kappa shape index (κ3) is 4.46. The zero-order chi connectivity index (χ0) is 15.9. The highest BCUT2D eigenvalue weighted by molar-refractivity contribution is 5.75. The van der Waals surface area contributed by atoms with Crippen molar-refractivity contribution in [2.45, 2.75) is 0 Å². The number of ether oxygens (including phenoxy) is 1. The quantitative estimate of drug-likeness (QED) is 0.327. The zero-order valence-corrected chi connectivity index (χ0v) is 11.7. The van der Waals surface area contributed by atoms with Crippen molar-refractivity contribution in [2.75, 3.05) is 38.3 Å². The van der Waals surface area contributed by atoms with Gasteiger partial charge in [-0.1, -0.05) is 0 Å². The molecule has 1 aliphatic heterocycles. The van der Waals surface area contributed by atoms with Gasteiger partial charge in [0.05, 0.1) is 28.9 Å². The molecule has 1 heterocycles. The van der Waals surface area contributed by atoms with E-state index in [-0.39, 0.29) is 18.1 Å². The first-order valence-corrected chi connectivity index (χ1v) is 6.69. The molecule has 1 fully saturated rings. The van der Waals surface area contributed by atoms with Crippen LogP contribution >= 0.6 is 0 Å². The Morgan fingerprint density at radius 2 is 1.86 bits per heavy atom. The number of quaternary nitrogens is 1. The van der Waals surface area contributed by atoms with Crippen LogP contribution in [0.2, 0.25) is 0 Å². The fourth-order valence-electron chi connectivity index (χ4n) is 1.99. The molecule has 1 aromatic rings. The maximum Gasteiger partial charge on any atom is 0.418 e. The van der Waals surface area contributed by atoms with Crippen LogP contribution in [0, 0.1) is 20.2 Å².